The molecule has 0 bridgehead atoms. The number of rotatable bonds is 8. The van der Waals surface area contributed by atoms with Crippen molar-refractivity contribution in [3.8, 4) is 5.88 Å². The van der Waals surface area contributed by atoms with Gasteiger partial charge in [0.15, 0.2) is 0 Å². The first kappa shape index (κ1) is 21.1. The summed E-state index contributed by atoms with van der Waals surface area (Å²) in [4.78, 5) is 42.8. The zero-order chi connectivity index (χ0) is 20.7. The van der Waals surface area contributed by atoms with Crippen LogP contribution in [0.1, 0.15) is 29.8 Å². The number of aliphatic imine (C=N–C) groups is 1. The van der Waals surface area contributed by atoms with Crippen molar-refractivity contribution < 1.29 is 19.5 Å². The lowest BCUT2D eigenvalue weighted by molar-refractivity contribution is -0.896. The molecule has 0 aliphatic carbocycles. The maximum atomic E-state index is 12.1. The van der Waals surface area contributed by atoms with Crippen molar-refractivity contribution in [3.63, 3.8) is 0 Å². The maximum absolute atomic E-state index is 12.1. The number of aromatic amines is 1. The van der Waals surface area contributed by atoms with Crippen molar-refractivity contribution in [2.24, 2.45) is 12.0 Å². The Labute approximate surface area is 161 Å². The Morgan fingerprint density at radius 3 is 2.50 bits per heavy atom. The number of H-pyrrole nitrogens is 1. The lowest BCUT2D eigenvalue weighted by atomic mass is 10.2. The highest BCUT2D eigenvalue weighted by Crippen LogP contribution is 2.15. The fraction of sp³-hybridized carbons (Fsp3) is 0.368. The number of aromatic hydroxyl groups is 1. The van der Waals surface area contributed by atoms with Crippen LogP contribution in [0.15, 0.2) is 38.8 Å². The summed E-state index contributed by atoms with van der Waals surface area (Å²) < 4.78 is 6.18. The van der Waals surface area contributed by atoms with Crippen molar-refractivity contribution in [1.29, 1.82) is 0 Å². The summed E-state index contributed by atoms with van der Waals surface area (Å²) in [5.41, 5.74) is -0.720. The molecule has 0 saturated carbocycles. The van der Waals surface area contributed by atoms with Gasteiger partial charge in [-0.2, -0.15) is 0 Å². The molecular formula is C19H25N4O5+. The van der Waals surface area contributed by atoms with E-state index in [-0.39, 0.29) is 5.56 Å². The molecule has 1 aromatic heterocycles. The zero-order valence-electron chi connectivity index (χ0n) is 16.2. The summed E-state index contributed by atoms with van der Waals surface area (Å²) in [6.45, 7) is 7.25. The van der Waals surface area contributed by atoms with Crippen molar-refractivity contribution in [3.05, 3.63) is 56.2 Å². The molecule has 9 heteroatoms. The first-order chi connectivity index (χ1) is 13.4. The summed E-state index contributed by atoms with van der Waals surface area (Å²) in [5, 5.41) is 9.90. The van der Waals surface area contributed by atoms with E-state index in [9.17, 15) is 19.5 Å². The number of quaternary nitrogens is 1. The van der Waals surface area contributed by atoms with Gasteiger partial charge in [0.25, 0.3) is 5.56 Å². The van der Waals surface area contributed by atoms with Gasteiger partial charge in [-0.1, -0.05) is 0 Å². The second-order valence-corrected chi connectivity index (χ2v) is 6.20. The van der Waals surface area contributed by atoms with E-state index in [1.807, 2.05) is 0 Å². The van der Waals surface area contributed by atoms with E-state index in [2.05, 4.69) is 23.8 Å². The molecule has 0 atom stereocenters. The number of carbonyl (C=O) groups is 1. The number of hydrogen-bond acceptors (Lipinski definition) is 6. The van der Waals surface area contributed by atoms with Gasteiger partial charge in [-0.3, -0.25) is 19.3 Å². The highest BCUT2D eigenvalue weighted by atomic mass is 16.5. The van der Waals surface area contributed by atoms with Crippen LogP contribution in [0.5, 0.6) is 5.88 Å². The average Bonchev–Trinajstić information content (AvgIpc) is 2.69. The average molecular weight is 389 g/mol. The Hall–Kier alpha value is -3.20. The summed E-state index contributed by atoms with van der Waals surface area (Å²) in [6.07, 6.45) is 1.16. The molecule has 0 aliphatic rings. The molecule has 0 unspecified atom stereocenters. The molecule has 0 saturated heterocycles. The van der Waals surface area contributed by atoms with Crippen LogP contribution in [0.4, 0.5) is 5.69 Å². The highest BCUT2D eigenvalue weighted by molar-refractivity contribution is 5.90. The smallest absolute Gasteiger partial charge is 0.338 e. The monoisotopic (exact) mass is 389 g/mol. The third-order valence-electron chi connectivity index (χ3n) is 4.46. The van der Waals surface area contributed by atoms with Crippen LogP contribution in [0.3, 0.4) is 0 Å². The lowest BCUT2D eigenvalue weighted by Gasteiger charge is -2.14. The number of esters is 1. The van der Waals surface area contributed by atoms with Crippen LogP contribution >= 0.6 is 0 Å². The SMILES string of the molecule is CC[NH+](CC)CCOC(=O)c1ccc(N=Cc2c(O)n(C)c(=O)[nH]c2=O)cc1. The first-order valence-corrected chi connectivity index (χ1v) is 9.04. The fourth-order valence-electron chi connectivity index (χ4n) is 2.54. The number of carbonyl (C=O) groups excluding carboxylic acids is 1. The molecular weight excluding hydrogens is 364 g/mol. The minimum atomic E-state index is -0.736. The van der Waals surface area contributed by atoms with E-state index in [4.69, 9.17) is 4.74 Å². The van der Waals surface area contributed by atoms with E-state index in [1.54, 1.807) is 24.3 Å². The molecule has 0 amide bonds. The molecule has 2 rings (SSSR count). The van der Waals surface area contributed by atoms with Gasteiger partial charge in [-0.05, 0) is 38.1 Å². The second kappa shape index (κ2) is 9.65. The van der Waals surface area contributed by atoms with Crippen molar-refractivity contribution >= 4 is 17.9 Å². The lowest BCUT2D eigenvalue weighted by Crippen LogP contribution is -3.11. The molecule has 0 aliphatic heterocycles. The molecule has 0 radical (unpaired) electrons. The molecule has 9 nitrogen and oxygen atoms in total. The summed E-state index contributed by atoms with van der Waals surface area (Å²) in [5.74, 6) is -0.887. The Bertz CT molecular complexity index is 956. The van der Waals surface area contributed by atoms with Gasteiger partial charge in [0.2, 0.25) is 5.88 Å². The van der Waals surface area contributed by atoms with E-state index in [0.29, 0.717) is 17.9 Å². The third-order valence-corrected chi connectivity index (χ3v) is 4.46. The van der Waals surface area contributed by atoms with E-state index in [0.717, 1.165) is 30.4 Å². The van der Waals surface area contributed by atoms with Crippen LogP contribution in [0.25, 0.3) is 0 Å². The van der Waals surface area contributed by atoms with Crippen molar-refractivity contribution in [2.45, 2.75) is 13.8 Å². The predicted octanol–water partition coefficient (Wildman–Crippen LogP) is -0.389. The first-order valence-electron chi connectivity index (χ1n) is 9.04. The summed E-state index contributed by atoms with van der Waals surface area (Å²) in [7, 11) is 1.33. The third kappa shape index (κ3) is 5.17. The predicted molar refractivity (Wildman–Crippen MR) is 105 cm³/mol. The van der Waals surface area contributed by atoms with Gasteiger partial charge < -0.3 is 14.7 Å². The number of aromatic nitrogens is 2. The van der Waals surface area contributed by atoms with Gasteiger partial charge in [0.05, 0.1) is 24.3 Å². The van der Waals surface area contributed by atoms with Crippen molar-refractivity contribution in [2.75, 3.05) is 26.2 Å². The van der Waals surface area contributed by atoms with E-state index < -0.39 is 23.1 Å². The van der Waals surface area contributed by atoms with Crippen LogP contribution in [0.2, 0.25) is 0 Å². The van der Waals surface area contributed by atoms with Crippen molar-refractivity contribution in [1.82, 2.24) is 9.55 Å². The molecule has 3 N–H and O–H groups in total. The van der Waals surface area contributed by atoms with E-state index in [1.165, 1.54) is 11.9 Å². The number of nitrogens with zero attached hydrogens (tertiary/aromatic N) is 2. The van der Waals surface area contributed by atoms with E-state index >= 15 is 0 Å². The Morgan fingerprint density at radius 1 is 1.25 bits per heavy atom. The number of nitrogens with one attached hydrogen (secondary N) is 2. The minimum Gasteiger partial charge on any atom is -0.494 e. The molecule has 2 aromatic rings. The van der Waals surface area contributed by atoms with Gasteiger partial charge in [0.1, 0.15) is 18.7 Å². The molecule has 1 heterocycles. The fourth-order valence-corrected chi connectivity index (χ4v) is 2.54. The molecule has 150 valence electrons. The maximum Gasteiger partial charge on any atom is 0.338 e. The van der Waals surface area contributed by atoms with Crippen LogP contribution in [-0.2, 0) is 11.8 Å². The minimum absolute atomic E-state index is 0.135. The van der Waals surface area contributed by atoms with Crippen LogP contribution < -0.4 is 16.1 Å². The quantitative estimate of drug-likeness (QED) is 0.420. The topological polar surface area (TPSA) is 118 Å². The Balaban J connectivity index is 2.04. The van der Waals surface area contributed by atoms with Crippen LogP contribution in [-0.4, -0.2) is 53.1 Å². The van der Waals surface area contributed by atoms with Gasteiger partial charge in [-0.25, -0.2) is 9.59 Å². The number of hydrogen-bond donors (Lipinski definition) is 3. The Morgan fingerprint density at radius 2 is 1.89 bits per heavy atom. The van der Waals surface area contributed by atoms with Crippen LogP contribution in [0, 0.1) is 0 Å². The molecule has 28 heavy (non-hydrogen) atoms. The van der Waals surface area contributed by atoms with Gasteiger partial charge in [-0.15, -0.1) is 0 Å². The van der Waals surface area contributed by atoms with Gasteiger partial charge in [0, 0.05) is 13.3 Å². The Kier molecular flexibility index (Phi) is 7.28. The summed E-state index contributed by atoms with van der Waals surface area (Å²) >= 11 is 0. The number of benzene rings is 1. The number of ether oxygens (including phenoxy) is 1. The molecule has 0 fully saturated rings. The standard InChI is InChI=1S/C19H24N4O5/c1-4-23(5-2)10-11-28-18(26)13-6-8-14(9-7-13)20-12-15-16(24)21-19(27)22(3)17(15)25/h6-9,12,25H,4-5,10-11H2,1-3H3,(H,21,24,27)/p+1. The highest BCUT2D eigenvalue weighted by Gasteiger charge is 2.11. The molecule has 0 spiro atoms. The molecule has 1 aromatic carbocycles. The van der Waals surface area contributed by atoms with Gasteiger partial charge >= 0.3 is 11.7 Å². The summed E-state index contributed by atoms with van der Waals surface area (Å²) in [6, 6.07) is 6.33. The number of likely N-dealkylation sites (N-methyl/N-ethyl adjacent to an activating group) is 1. The normalized spacial score (nSPS) is 11.3. The zero-order valence-corrected chi connectivity index (χ0v) is 16.2. The largest absolute Gasteiger partial charge is 0.494 e. The second-order valence-electron chi connectivity index (χ2n) is 6.20.